The summed E-state index contributed by atoms with van der Waals surface area (Å²) >= 11 is 0. The van der Waals surface area contributed by atoms with Crippen molar-refractivity contribution in [3.05, 3.63) is 22.8 Å². The summed E-state index contributed by atoms with van der Waals surface area (Å²) in [4.78, 5) is 11.5. The van der Waals surface area contributed by atoms with Crippen molar-refractivity contribution < 1.29 is 4.79 Å². The second-order valence-electron chi connectivity index (χ2n) is 3.93. The van der Waals surface area contributed by atoms with Gasteiger partial charge >= 0.3 is 0 Å². The molecule has 1 nitrogen and oxygen atoms in total. The fourth-order valence-electron chi connectivity index (χ4n) is 1.63. The molecule has 72 valence electrons. The number of hydrogen-bond donors (Lipinski definition) is 0. The van der Waals surface area contributed by atoms with Crippen molar-refractivity contribution in [3.63, 3.8) is 0 Å². The van der Waals surface area contributed by atoms with Gasteiger partial charge in [-0.3, -0.25) is 4.79 Å². The van der Waals surface area contributed by atoms with Gasteiger partial charge in [0.25, 0.3) is 0 Å². The summed E-state index contributed by atoms with van der Waals surface area (Å²) < 4.78 is 0. The van der Waals surface area contributed by atoms with E-state index in [2.05, 4.69) is 6.92 Å². The molecule has 0 heterocycles. The lowest BCUT2D eigenvalue weighted by Gasteiger charge is -2.00. The first-order chi connectivity index (χ1) is 6.15. The first-order valence-electron chi connectivity index (χ1n) is 5.05. The van der Waals surface area contributed by atoms with Crippen LogP contribution in [0.3, 0.4) is 0 Å². The van der Waals surface area contributed by atoms with Crippen molar-refractivity contribution in [1.29, 1.82) is 0 Å². The zero-order valence-electron chi connectivity index (χ0n) is 8.81. The highest BCUT2D eigenvalue weighted by Gasteiger charge is 2.18. The lowest BCUT2D eigenvalue weighted by molar-refractivity contribution is -0.111. The van der Waals surface area contributed by atoms with Gasteiger partial charge in [0.05, 0.1) is 0 Å². The van der Waals surface area contributed by atoms with E-state index in [1.807, 2.05) is 19.9 Å². The SMILES string of the molecule is CCCCC1=CC(=O)C(=C(C)C)C1. The van der Waals surface area contributed by atoms with E-state index >= 15 is 0 Å². The quantitative estimate of drug-likeness (QED) is 0.605. The Bertz CT molecular complexity index is 265. The Balaban J connectivity index is 2.61. The maximum atomic E-state index is 11.5. The van der Waals surface area contributed by atoms with Crippen LogP contribution in [-0.4, -0.2) is 5.78 Å². The van der Waals surface area contributed by atoms with Crippen molar-refractivity contribution in [2.24, 2.45) is 0 Å². The minimum atomic E-state index is 0.242. The first-order valence-corrected chi connectivity index (χ1v) is 5.05. The molecule has 0 aromatic rings. The number of rotatable bonds is 3. The molecular weight excluding hydrogens is 160 g/mol. The Labute approximate surface area is 80.5 Å². The molecule has 0 aliphatic heterocycles. The van der Waals surface area contributed by atoms with Gasteiger partial charge in [0.15, 0.2) is 5.78 Å². The third-order valence-electron chi connectivity index (χ3n) is 2.49. The van der Waals surface area contributed by atoms with Gasteiger partial charge < -0.3 is 0 Å². The minimum absolute atomic E-state index is 0.242. The molecule has 0 amide bonds. The number of carbonyl (C=O) groups excluding carboxylic acids is 1. The number of carbonyl (C=O) groups is 1. The van der Waals surface area contributed by atoms with Crippen LogP contribution in [0.15, 0.2) is 22.8 Å². The van der Waals surface area contributed by atoms with Crippen molar-refractivity contribution in [3.8, 4) is 0 Å². The average Bonchev–Trinajstić information content (AvgIpc) is 2.43. The zero-order chi connectivity index (χ0) is 9.84. The Hall–Kier alpha value is -0.850. The molecule has 0 spiro atoms. The summed E-state index contributed by atoms with van der Waals surface area (Å²) in [5, 5.41) is 0. The van der Waals surface area contributed by atoms with Crippen LogP contribution in [0.2, 0.25) is 0 Å². The van der Waals surface area contributed by atoms with Gasteiger partial charge in [-0.05, 0) is 39.2 Å². The van der Waals surface area contributed by atoms with Crippen LogP contribution in [0.1, 0.15) is 46.5 Å². The lowest BCUT2D eigenvalue weighted by Crippen LogP contribution is -1.92. The van der Waals surface area contributed by atoms with E-state index in [0.717, 1.165) is 18.4 Å². The topological polar surface area (TPSA) is 17.1 Å². The van der Waals surface area contributed by atoms with Gasteiger partial charge in [-0.2, -0.15) is 0 Å². The molecule has 0 fully saturated rings. The van der Waals surface area contributed by atoms with Crippen molar-refractivity contribution in [2.75, 3.05) is 0 Å². The van der Waals surface area contributed by atoms with E-state index in [4.69, 9.17) is 0 Å². The largest absolute Gasteiger partial charge is 0.290 e. The second kappa shape index (κ2) is 4.40. The van der Waals surface area contributed by atoms with Crippen molar-refractivity contribution >= 4 is 5.78 Å². The Morgan fingerprint density at radius 2 is 2.15 bits per heavy atom. The minimum Gasteiger partial charge on any atom is -0.290 e. The molecule has 0 aromatic heterocycles. The number of unbranched alkanes of at least 4 members (excludes halogenated alkanes) is 1. The monoisotopic (exact) mass is 178 g/mol. The summed E-state index contributed by atoms with van der Waals surface area (Å²) in [5.74, 6) is 0.242. The van der Waals surface area contributed by atoms with Crippen LogP contribution < -0.4 is 0 Å². The Morgan fingerprint density at radius 1 is 1.46 bits per heavy atom. The van der Waals surface area contributed by atoms with Crippen LogP contribution >= 0.6 is 0 Å². The van der Waals surface area contributed by atoms with Gasteiger partial charge in [-0.25, -0.2) is 0 Å². The highest BCUT2D eigenvalue weighted by Crippen LogP contribution is 2.27. The summed E-state index contributed by atoms with van der Waals surface area (Å²) in [6, 6.07) is 0. The summed E-state index contributed by atoms with van der Waals surface area (Å²) in [5.41, 5.74) is 3.52. The van der Waals surface area contributed by atoms with E-state index in [1.165, 1.54) is 24.0 Å². The maximum Gasteiger partial charge on any atom is 0.182 e. The van der Waals surface area contributed by atoms with E-state index < -0.39 is 0 Å². The molecule has 0 saturated heterocycles. The molecule has 13 heavy (non-hydrogen) atoms. The molecule has 1 heteroatoms. The van der Waals surface area contributed by atoms with Crippen LogP contribution in [0.5, 0.6) is 0 Å². The van der Waals surface area contributed by atoms with Crippen molar-refractivity contribution in [1.82, 2.24) is 0 Å². The molecule has 0 aromatic carbocycles. The molecule has 1 aliphatic carbocycles. The third kappa shape index (κ3) is 2.55. The smallest absolute Gasteiger partial charge is 0.182 e. The molecular formula is C12H18O. The number of allylic oxidation sites excluding steroid dienone is 4. The fraction of sp³-hybridized carbons (Fsp3) is 0.583. The van der Waals surface area contributed by atoms with E-state index in [9.17, 15) is 4.79 Å². The molecule has 1 aliphatic rings. The summed E-state index contributed by atoms with van der Waals surface area (Å²) in [6.45, 7) is 6.22. The molecule has 0 N–H and O–H groups in total. The van der Waals surface area contributed by atoms with Gasteiger partial charge in [0.1, 0.15) is 0 Å². The van der Waals surface area contributed by atoms with E-state index in [0.29, 0.717) is 0 Å². The van der Waals surface area contributed by atoms with Crippen LogP contribution in [0.4, 0.5) is 0 Å². The lowest BCUT2D eigenvalue weighted by atomic mass is 10.0. The molecule has 0 radical (unpaired) electrons. The Morgan fingerprint density at radius 3 is 2.62 bits per heavy atom. The number of hydrogen-bond acceptors (Lipinski definition) is 1. The van der Waals surface area contributed by atoms with Crippen LogP contribution in [-0.2, 0) is 4.79 Å². The average molecular weight is 178 g/mol. The van der Waals surface area contributed by atoms with E-state index in [-0.39, 0.29) is 5.78 Å². The number of ketones is 1. The fourth-order valence-corrected chi connectivity index (χ4v) is 1.63. The molecule has 0 atom stereocenters. The van der Waals surface area contributed by atoms with Crippen LogP contribution in [0, 0.1) is 0 Å². The third-order valence-corrected chi connectivity index (χ3v) is 2.49. The predicted molar refractivity (Wildman–Crippen MR) is 55.6 cm³/mol. The molecule has 0 unspecified atom stereocenters. The normalized spacial score (nSPS) is 16.4. The van der Waals surface area contributed by atoms with Crippen molar-refractivity contribution in [2.45, 2.75) is 46.5 Å². The molecule has 0 saturated carbocycles. The van der Waals surface area contributed by atoms with Gasteiger partial charge in [-0.15, -0.1) is 0 Å². The van der Waals surface area contributed by atoms with Gasteiger partial charge in [0, 0.05) is 5.57 Å². The summed E-state index contributed by atoms with van der Waals surface area (Å²) in [6.07, 6.45) is 6.24. The molecule has 1 rings (SSSR count). The highest BCUT2D eigenvalue weighted by atomic mass is 16.1. The maximum absolute atomic E-state index is 11.5. The standard InChI is InChI=1S/C12H18O/c1-4-5-6-10-7-11(9(2)3)12(13)8-10/h8H,4-7H2,1-3H3. The predicted octanol–water partition coefficient (Wildman–Crippen LogP) is 3.41. The highest BCUT2D eigenvalue weighted by molar-refractivity contribution is 6.07. The van der Waals surface area contributed by atoms with E-state index in [1.54, 1.807) is 0 Å². The second-order valence-corrected chi connectivity index (χ2v) is 3.93. The summed E-state index contributed by atoms with van der Waals surface area (Å²) in [7, 11) is 0. The first kappa shape index (κ1) is 10.2. The molecule has 0 bridgehead atoms. The van der Waals surface area contributed by atoms with Gasteiger partial charge in [0.2, 0.25) is 0 Å². The Kier molecular flexibility index (Phi) is 3.47. The van der Waals surface area contributed by atoms with Gasteiger partial charge in [-0.1, -0.05) is 24.5 Å². The zero-order valence-corrected chi connectivity index (χ0v) is 8.81. The van der Waals surface area contributed by atoms with Crippen LogP contribution in [0.25, 0.3) is 0 Å².